The number of benzene rings is 1. The highest BCUT2D eigenvalue weighted by molar-refractivity contribution is 7.59. The van der Waals surface area contributed by atoms with Crippen LogP contribution >= 0.6 is 7.92 Å². The zero-order valence-corrected chi connectivity index (χ0v) is 20.7. The summed E-state index contributed by atoms with van der Waals surface area (Å²) in [4.78, 5) is 0. The predicted octanol–water partition coefficient (Wildman–Crippen LogP) is 8.65. The van der Waals surface area contributed by atoms with E-state index in [1.54, 1.807) is 17.6 Å². The van der Waals surface area contributed by atoms with Crippen molar-refractivity contribution in [3.8, 4) is 0 Å². The molecule has 0 radical (unpaired) electrons. The third kappa shape index (κ3) is 4.20. The molecule has 7 atom stereocenters. The molecule has 0 aliphatic heterocycles. The maximum absolute atomic E-state index is 2.75. The molecule has 0 aromatic heterocycles. The van der Waals surface area contributed by atoms with Gasteiger partial charge < -0.3 is 0 Å². The molecule has 0 saturated heterocycles. The Labute approximate surface area is 187 Å². The van der Waals surface area contributed by atoms with Crippen molar-refractivity contribution in [2.24, 2.45) is 35.5 Å². The monoisotopic (exact) mass is 422 g/mol. The average molecular weight is 423 g/mol. The molecule has 0 amide bonds. The van der Waals surface area contributed by atoms with E-state index in [-0.39, 0.29) is 7.92 Å². The summed E-state index contributed by atoms with van der Waals surface area (Å²) in [5.41, 5.74) is 4.43. The number of hydrogen-bond acceptors (Lipinski definition) is 0. The molecular weight excluding hydrogens is 379 g/mol. The SMILES string of the molecule is CC1C=C2CC(C2)CC(C)(P(Cc2ccccc2)C2C3CC(C)CC(C)CC2C3)C1. The van der Waals surface area contributed by atoms with Crippen LogP contribution in [0, 0.1) is 35.5 Å². The van der Waals surface area contributed by atoms with E-state index < -0.39 is 0 Å². The zero-order valence-electron chi connectivity index (χ0n) is 19.8. The van der Waals surface area contributed by atoms with Gasteiger partial charge >= 0.3 is 0 Å². The Bertz CT molecular complexity index is 742. The van der Waals surface area contributed by atoms with E-state index in [1.807, 2.05) is 0 Å². The van der Waals surface area contributed by atoms with Crippen molar-refractivity contribution >= 4 is 7.92 Å². The number of rotatable bonds is 4. The summed E-state index contributed by atoms with van der Waals surface area (Å²) >= 11 is 0. The van der Waals surface area contributed by atoms with Gasteiger partial charge in [0.25, 0.3) is 0 Å². The fraction of sp³-hybridized carbons (Fsp3) is 0.724. The van der Waals surface area contributed by atoms with Gasteiger partial charge in [0.15, 0.2) is 0 Å². The molecule has 6 rings (SSSR count). The smallest absolute Gasteiger partial charge is 0.00655 e. The molecule has 1 heteroatoms. The molecule has 5 aliphatic carbocycles. The second kappa shape index (κ2) is 8.39. The average Bonchev–Trinajstić information content (AvgIpc) is 2.62. The van der Waals surface area contributed by atoms with Gasteiger partial charge in [0.05, 0.1) is 0 Å². The molecular formula is C29H43P. The standard InChI is InChI=1S/C29H43P/c1-20-10-21(2)13-27-16-26(12-20)28(27)30(19-23-8-6-5-7-9-23)29(4)17-22(3)11-24-14-25(15-24)18-29/h5-9,11,20-22,25-28H,10,12-19H2,1-4H3. The molecule has 3 saturated carbocycles. The van der Waals surface area contributed by atoms with Gasteiger partial charge in [-0.15, -0.1) is 0 Å². The Morgan fingerprint density at radius 3 is 2.20 bits per heavy atom. The van der Waals surface area contributed by atoms with Gasteiger partial charge in [0.1, 0.15) is 0 Å². The van der Waals surface area contributed by atoms with Crippen molar-refractivity contribution in [1.82, 2.24) is 0 Å². The fourth-order valence-corrected chi connectivity index (χ4v) is 12.7. The lowest BCUT2D eigenvalue weighted by Gasteiger charge is -2.59. The lowest BCUT2D eigenvalue weighted by molar-refractivity contribution is 0.104. The van der Waals surface area contributed by atoms with Crippen LogP contribution in [0.2, 0.25) is 0 Å². The van der Waals surface area contributed by atoms with Crippen LogP contribution in [-0.2, 0) is 6.16 Å². The quantitative estimate of drug-likeness (QED) is 0.336. The number of allylic oxidation sites excluding steroid dienone is 2. The van der Waals surface area contributed by atoms with Gasteiger partial charge in [0.2, 0.25) is 0 Å². The molecule has 4 bridgehead atoms. The van der Waals surface area contributed by atoms with Gasteiger partial charge in [-0.25, -0.2) is 0 Å². The minimum atomic E-state index is 0.00138. The summed E-state index contributed by atoms with van der Waals surface area (Å²) in [7, 11) is 0.00138. The van der Waals surface area contributed by atoms with Gasteiger partial charge in [-0.2, -0.15) is 0 Å². The lowest BCUT2D eigenvalue weighted by atomic mass is 9.64. The summed E-state index contributed by atoms with van der Waals surface area (Å²) in [6.45, 7) is 10.4. The van der Waals surface area contributed by atoms with E-state index >= 15 is 0 Å². The summed E-state index contributed by atoms with van der Waals surface area (Å²) in [5.74, 6) is 5.67. The molecule has 7 unspecified atom stereocenters. The largest absolute Gasteiger partial charge is 0.0923 e. The molecule has 164 valence electrons. The normalized spacial score (nSPS) is 44.3. The second-order valence-corrected chi connectivity index (χ2v) is 15.2. The van der Waals surface area contributed by atoms with Crippen molar-refractivity contribution in [1.29, 1.82) is 0 Å². The molecule has 0 spiro atoms. The molecule has 1 aromatic carbocycles. The van der Waals surface area contributed by atoms with Crippen LogP contribution in [0.5, 0.6) is 0 Å². The number of fused-ring (bicyclic) bond motifs is 6. The van der Waals surface area contributed by atoms with E-state index in [0.29, 0.717) is 5.16 Å². The predicted molar refractivity (Wildman–Crippen MR) is 132 cm³/mol. The van der Waals surface area contributed by atoms with Crippen LogP contribution in [0.25, 0.3) is 0 Å². The minimum absolute atomic E-state index is 0.00138. The highest BCUT2D eigenvalue weighted by atomic mass is 31.1. The van der Waals surface area contributed by atoms with E-state index in [1.165, 1.54) is 51.1 Å². The molecule has 1 aromatic rings. The topological polar surface area (TPSA) is 0 Å². The van der Waals surface area contributed by atoms with Crippen LogP contribution in [0.3, 0.4) is 0 Å². The molecule has 0 heterocycles. The highest BCUT2D eigenvalue weighted by Gasteiger charge is 2.53. The Kier molecular flexibility index (Phi) is 5.94. The summed E-state index contributed by atoms with van der Waals surface area (Å²) in [6.07, 6.45) is 15.9. The maximum Gasteiger partial charge on any atom is -0.00655 e. The van der Waals surface area contributed by atoms with E-state index in [4.69, 9.17) is 0 Å². The number of hydrogen-bond donors (Lipinski definition) is 0. The first-order valence-electron chi connectivity index (χ1n) is 12.9. The Balaban J connectivity index is 1.48. The van der Waals surface area contributed by atoms with Crippen molar-refractivity contribution < 1.29 is 0 Å². The Morgan fingerprint density at radius 2 is 1.53 bits per heavy atom. The van der Waals surface area contributed by atoms with Crippen LogP contribution in [0.4, 0.5) is 0 Å². The van der Waals surface area contributed by atoms with Crippen LogP contribution in [-0.4, -0.2) is 10.8 Å². The van der Waals surface area contributed by atoms with Gasteiger partial charge in [-0.3, -0.25) is 0 Å². The maximum atomic E-state index is 2.75. The zero-order chi connectivity index (χ0) is 20.9. The molecule has 0 nitrogen and oxygen atoms in total. The van der Waals surface area contributed by atoms with Crippen LogP contribution < -0.4 is 0 Å². The summed E-state index contributed by atoms with van der Waals surface area (Å²) < 4.78 is 0. The van der Waals surface area contributed by atoms with Crippen molar-refractivity contribution in [2.75, 3.05) is 0 Å². The van der Waals surface area contributed by atoms with Crippen LogP contribution in [0.15, 0.2) is 42.0 Å². The second-order valence-electron chi connectivity index (χ2n) is 12.3. The van der Waals surface area contributed by atoms with E-state index in [9.17, 15) is 0 Å². The van der Waals surface area contributed by atoms with E-state index in [2.05, 4.69) is 64.1 Å². The van der Waals surface area contributed by atoms with Crippen LogP contribution in [0.1, 0.15) is 84.6 Å². The first kappa shape index (κ1) is 21.2. The first-order chi connectivity index (χ1) is 14.4. The summed E-state index contributed by atoms with van der Waals surface area (Å²) in [6, 6.07) is 11.6. The van der Waals surface area contributed by atoms with Gasteiger partial charge in [-0.05, 0) is 109 Å². The van der Waals surface area contributed by atoms with Crippen molar-refractivity contribution in [2.45, 2.75) is 96.0 Å². The molecule has 3 fully saturated rings. The minimum Gasteiger partial charge on any atom is -0.0923 e. The third-order valence-corrected chi connectivity index (χ3v) is 13.2. The Morgan fingerprint density at radius 1 is 0.867 bits per heavy atom. The molecule has 30 heavy (non-hydrogen) atoms. The third-order valence-electron chi connectivity index (χ3n) is 9.15. The van der Waals surface area contributed by atoms with Crippen molar-refractivity contribution in [3.63, 3.8) is 0 Å². The Hall–Kier alpha value is -0.610. The van der Waals surface area contributed by atoms with Crippen molar-refractivity contribution in [3.05, 3.63) is 47.5 Å². The van der Waals surface area contributed by atoms with Gasteiger partial charge in [0, 0.05) is 0 Å². The fourth-order valence-electron chi connectivity index (χ4n) is 8.24. The van der Waals surface area contributed by atoms with Gasteiger partial charge in [-0.1, -0.05) is 77.6 Å². The highest BCUT2D eigenvalue weighted by Crippen LogP contribution is 2.71. The summed E-state index contributed by atoms with van der Waals surface area (Å²) in [5, 5.41) is 0.560. The van der Waals surface area contributed by atoms with E-state index in [0.717, 1.165) is 41.2 Å². The lowest BCUT2D eigenvalue weighted by Crippen LogP contribution is -2.48. The molecule has 0 N–H and O–H groups in total. The first-order valence-corrected chi connectivity index (χ1v) is 14.5. The molecule has 5 aliphatic rings.